The summed E-state index contributed by atoms with van der Waals surface area (Å²) >= 11 is 0. The minimum atomic E-state index is 0.179. The monoisotopic (exact) mass is 416 g/mol. The lowest BCUT2D eigenvalue weighted by Gasteiger charge is -2.35. The van der Waals surface area contributed by atoms with Crippen LogP contribution in [0.3, 0.4) is 0 Å². The fourth-order valence-corrected chi connectivity index (χ4v) is 3.97. The van der Waals surface area contributed by atoms with Gasteiger partial charge in [-0.05, 0) is 48.4 Å². The van der Waals surface area contributed by atoms with Gasteiger partial charge >= 0.3 is 0 Å². The fraction of sp³-hybridized carbons (Fsp3) is 0.292. The van der Waals surface area contributed by atoms with E-state index in [9.17, 15) is 4.79 Å². The van der Waals surface area contributed by atoms with E-state index >= 15 is 0 Å². The summed E-state index contributed by atoms with van der Waals surface area (Å²) in [5.41, 5.74) is 3.98. The van der Waals surface area contributed by atoms with E-state index in [1.165, 1.54) is 0 Å². The normalized spacial score (nSPS) is 15.3. The molecule has 3 aromatic rings. The highest BCUT2D eigenvalue weighted by atomic mass is 16.7. The van der Waals surface area contributed by atoms with Crippen molar-refractivity contribution < 1.29 is 14.3 Å². The van der Waals surface area contributed by atoms with Crippen molar-refractivity contribution in [2.24, 2.45) is 0 Å². The molecule has 0 radical (unpaired) electrons. The molecule has 1 aromatic heterocycles. The molecule has 0 atom stereocenters. The zero-order chi connectivity index (χ0) is 21.2. The third-order valence-corrected chi connectivity index (χ3v) is 5.88. The fourth-order valence-electron chi connectivity index (χ4n) is 3.97. The summed E-state index contributed by atoms with van der Waals surface area (Å²) in [6, 6.07) is 17.8. The minimum absolute atomic E-state index is 0.179. The van der Waals surface area contributed by atoms with Gasteiger partial charge in [-0.25, -0.2) is 0 Å². The van der Waals surface area contributed by atoms with Crippen molar-refractivity contribution in [2.45, 2.75) is 13.3 Å². The molecule has 3 heterocycles. The number of amides is 1. The molecule has 7 heteroatoms. The number of carbonyl (C=O) groups is 1. The summed E-state index contributed by atoms with van der Waals surface area (Å²) in [4.78, 5) is 16.8. The van der Waals surface area contributed by atoms with Gasteiger partial charge in [-0.2, -0.15) is 0 Å². The van der Waals surface area contributed by atoms with Crippen molar-refractivity contribution in [1.82, 2.24) is 15.1 Å². The van der Waals surface area contributed by atoms with Gasteiger partial charge in [-0.3, -0.25) is 4.79 Å². The van der Waals surface area contributed by atoms with Gasteiger partial charge in [0.1, 0.15) is 0 Å². The summed E-state index contributed by atoms with van der Waals surface area (Å²) in [5.74, 6) is 2.49. The van der Waals surface area contributed by atoms with E-state index in [4.69, 9.17) is 9.47 Å². The molecule has 2 aliphatic heterocycles. The van der Waals surface area contributed by atoms with Crippen LogP contribution < -0.4 is 14.4 Å². The third-order valence-electron chi connectivity index (χ3n) is 5.88. The molecular formula is C24H24N4O3. The van der Waals surface area contributed by atoms with Gasteiger partial charge in [-0.1, -0.05) is 24.3 Å². The van der Waals surface area contributed by atoms with Crippen LogP contribution in [0.1, 0.15) is 11.1 Å². The molecule has 5 rings (SSSR count). The highest BCUT2D eigenvalue weighted by Crippen LogP contribution is 2.35. The van der Waals surface area contributed by atoms with E-state index in [2.05, 4.69) is 15.1 Å². The third kappa shape index (κ3) is 4.03. The Hall–Kier alpha value is -3.61. The Labute approximate surface area is 181 Å². The molecule has 7 nitrogen and oxygen atoms in total. The van der Waals surface area contributed by atoms with Crippen LogP contribution in [-0.4, -0.2) is 54.0 Å². The molecule has 0 unspecified atom stereocenters. The number of aryl methyl sites for hydroxylation is 1. The Morgan fingerprint density at radius 1 is 0.935 bits per heavy atom. The molecule has 158 valence electrons. The van der Waals surface area contributed by atoms with Gasteiger partial charge in [0.15, 0.2) is 17.3 Å². The minimum Gasteiger partial charge on any atom is -0.454 e. The number of hydrogen-bond acceptors (Lipinski definition) is 6. The van der Waals surface area contributed by atoms with E-state index in [-0.39, 0.29) is 12.7 Å². The molecule has 0 bridgehead atoms. The Morgan fingerprint density at radius 3 is 2.52 bits per heavy atom. The average Bonchev–Trinajstić information content (AvgIpc) is 3.29. The predicted molar refractivity (Wildman–Crippen MR) is 117 cm³/mol. The smallest absolute Gasteiger partial charge is 0.231 e. The molecule has 1 amide bonds. The molecule has 1 fully saturated rings. The number of aromatic nitrogens is 2. The second-order valence-corrected chi connectivity index (χ2v) is 7.82. The number of piperazine rings is 1. The van der Waals surface area contributed by atoms with Crippen molar-refractivity contribution in [2.75, 3.05) is 37.9 Å². The number of anilines is 1. The van der Waals surface area contributed by atoms with Crippen LogP contribution in [0.25, 0.3) is 11.3 Å². The molecule has 0 spiro atoms. The average molecular weight is 416 g/mol. The second-order valence-electron chi connectivity index (χ2n) is 7.82. The Kier molecular flexibility index (Phi) is 5.16. The predicted octanol–water partition coefficient (Wildman–Crippen LogP) is 3.07. The van der Waals surface area contributed by atoms with E-state index in [0.717, 1.165) is 52.8 Å². The Balaban J connectivity index is 1.20. The molecule has 0 saturated carbocycles. The topological polar surface area (TPSA) is 67.8 Å². The van der Waals surface area contributed by atoms with E-state index in [1.807, 2.05) is 66.4 Å². The summed E-state index contributed by atoms with van der Waals surface area (Å²) in [6.45, 7) is 5.18. The van der Waals surface area contributed by atoms with Crippen molar-refractivity contribution in [3.63, 3.8) is 0 Å². The lowest BCUT2D eigenvalue weighted by Crippen LogP contribution is -2.49. The maximum absolute atomic E-state index is 12.7. The zero-order valence-corrected chi connectivity index (χ0v) is 17.5. The highest BCUT2D eigenvalue weighted by molar-refractivity contribution is 5.79. The summed E-state index contributed by atoms with van der Waals surface area (Å²) < 4.78 is 10.8. The quantitative estimate of drug-likeness (QED) is 0.651. The van der Waals surface area contributed by atoms with Crippen LogP contribution in [0, 0.1) is 6.92 Å². The number of fused-ring (bicyclic) bond motifs is 1. The molecule has 0 aliphatic carbocycles. The van der Waals surface area contributed by atoms with Crippen LogP contribution in [-0.2, 0) is 11.2 Å². The molecule has 0 N–H and O–H groups in total. The molecule has 1 saturated heterocycles. The maximum atomic E-state index is 12.7. The summed E-state index contributed by atoms with van der Waals surface area (Å²) in [6.07, 6.45) is 0.455. The molecule has 31 heavy (non-hydrogen) atoms. The van der Waals surface area contributed by atoms with Crippen molar-refractivity contribution >= 4 is 11.7 Å². The lowest BCUT2D eigenvalue weighted by molar-refractivity contribution is -0.130. The van der Waals surface area contributed by atoms with Crippen molar-refractivity contribution in [1.29, 1.82) is 0 Å². The van der Waals surface area contributed by atoms with Gasteiger partial charge in [0, 0.05) is 31.7 Å². The number of rotatable bonds is 4. The second kappa shape index (κ2) is 8.26. The SMILES string of the molecule is Cc1ccccc1CC(=O)N1CCN(c2ccc(-c3ccc4c(c3)OCO4)nn2)CC1. The van der Waals surface area contributed by atoms with Crippen LogP contribution >= 0.6 is 0 Å². The first kappa shape index (κ1) is 19.4. The number of ether oxygens (including phenoxy) is 2. The van der Waals surface area contributed by atoms with Crippen LogP contribution in [0.4, 0.5) is 5.82 Å². The molecule has 2 aliphatic rings. The number of carbonyl (C=O) groups excluding carboxylic acids is 1. The van der Waals surface area contributed by atoms with Crippen molar-refractivity contribution in [3.8, 4) is 22.8 Å². The standard InChI is InChI=1S/C24H24N4O3/c1-17-4-2-3-5-18(17)15-24(29)28-12-10-27(11-13-28)23-9-7-20(25-26-23)19-6-8-21-22(14-19)31-16-30-21/h2-9,14H,10-13,15-16H2,1H3. The Morgan fingerprint density at radius 2 is 1.74 bits per heavy atom. The van der Waals surface area contributed by atoms with Gasteiger partial charge in [0.25, 0.3) is 0 Å². The van der Waals surface area contributed by atoms with Gasteiger partial charge < -0.3 is 19.3 Å². The van der Waals surface area contributed by atoms with Crippen LogP contribution in [0.2, 0.25) is 0 Å². The van der Waals surface area contributed by atoms with Gasteiger partial charge in [0.2, 0.25) is 12.7 Å². The number of hydrogen-bond donors (Lipinski definition) is 0. The highest BCUT2D eigenvalue weighted by Gasteiger charge is 2.23. The van der Waals surface area contributed by atoms with E-state index < -0.39 is 0 Å². The van der Waals surface area contributed by atoms with Crippen molar-refractivity contribution in [3.05, 3.63) is 65.7 Å². The first-order chi connectivity index (χ1) is 15.2. The first-order valence-corrected chi connectivity index (χ1v) is 10.5. The number of nitrogens with zero attached hydrogens (tertiary/aromatic N) is 4. The first-order valence-electron chi connectivity index (χ1n) is 10.5. The van der Waals surface area contributed by atoms with Gasteiger partial charge in [-0.15, -0.1) is 10.2 Å². The number of benzene rings is 2. The Bertz CT molecular complexity index is 1090. The van der Waals surface area contributed by atoms with Gasteiger partial charge in [0.05, 0.1) is 12.1 Å². The lowest BCUT2D eigenvalue weighted by atomic mass is 10.1. The van der Waals surface area contributed by atoms with Crippen LogP contribution in [0.15, 0.2) is 54.6 Å². The molecular weight excluding hydrogens is 392 g/mol. The largest absolute Gasteiger partial charge is 0.454 e. The zero-order valence-electron chi connectivity index (χ0n) is 17.5. The molecule has 2 aromatic carbocycles. The maximum Gasteiger partial charge on any atom is 0.231 e. The van der Waals surface area contributed by atoms with E-state index in [1.54, 1.807) is 0 Å². The van der Waals surface area contributed by atoms with E-state index in [0.29, 0.717) is 19.5 Å². The summed E-state index contributed by atoms with van der Waals surface area (Å²) in [7, 11) is 0. The van der Waals surface area contributed by atoms with Crippen LogP contribution in [0.5, 0.6) is 11.5 Å². The summed E-state index contributed by atoms with van der Waals surface area (Å²) in [5, 5.41) is 8.82.